The number of amides is 3. The van der Waals surface area contributed by atoms with Gasteiger partial charge in [0.25, 0.3) is 0 Å². The van der Waals surface area contributed by atoms with Crippen molar-refractivity contribution in [3.8, 4) is 0 Å². The van der Waals surface area contributed by atoms with Gasteiger partial charge in [0.1, 0.15) is 6.04 Å². The van der Waals surface area contributed by atoms with Crippen molar-refractivity contribution < 1.29 is 14.4 Å². The summed E-state index contributed by atoms with van der Waals surface area (Å²) in [5, 5.41) is 3.95. The van der Waals surface area contributed by atoms with E-state index in [1.807, 2.05) is 58.5 Å². The quantitative estimate of drug-likeness (QED) is 0.482. The number of nitrogens with zero attached hydrogens (tertiary/aromatic N) is 2. The molecule has 8 nitrogen and oxygen atoms in total. The number of aromatic nitrogens is 1. The lowest BCUT2D eigenvalue weighted by Crippen LogP contribution is -2.58. The lowest BCUT2D eigenvalue weighted by molar-refractivity contribution is -0.138. The van der Waals surface area contributed by atoms with Gasteiger partial charge in [0.05, 0.1) is 5.54 Å². The summed E-state index contributed by atoms with van der Waals surface area (Å²) in [5.41, 5.74) is 9.09. The largest absolute Gasteiger partial charge is 0.361 e. The monoisotopic (exact) mass is 501 g/mol. The van der Waals surface area contributed by atoms with Crippen LogP contribution in [0, 0.1) is 0 Å². The van der Waals surface area contributed by atoms with E-state index in [9.17, 15) is 14.4 Å². The Kier molecular flexibility index (Phi) is 6.77. The number of benzene rings is 2. The molecule has 0 saturated carbocycles. The molecule has 3 aromatic rings. The fourth-order valence-corrected chi connectivity index (χ4v) is 5.48. The zero-order valence-electron chi connectivity index (χ0n) is 21.5. The van der Waals surface area contributed by atoms with Crippen molar-refractivity contribution in [2.45, 2.75) is 63.6 Å². The molecule has 0 spiro atoms. The molecule has 4 N–H and O–H groups in total. The van der Waals surface area contributed by atoms with Gasteiger partial charge in [-0.05, 0) is 56.4 Å². The van der Waals surface area contributed by atoms with Gasteiger partial charge in [0, 0.05) is 54.8 Å². The van der Waals surface area contributed by atoms with Crippen LogP contribution >= 0.6 is 0 Å². The van der Waals surface area contributed by atoms with Crippen LogP contribution in [-0.4, -0.2) is 58.3 Å². The maximum atomic E-state index is 13.7. The molecule has 1 atom stereocenters. The summed E-state index contributed by atoms with van der Waals surface area (Å²) in [7, 11) is 0. The summed E-state index contributed by atoms with van der Waals surface area (Å²) in [4.78, 5) is 46.4. The molecule has 1 saturated heterocycles. The highest BCUT2D eigenvalue weighted by atomic mass is 16.2. The Morgan fingerprint density at radius 2 is 1.78 bits per heavy atom. The van der Waals surface area contributed by atoms with Crippen LogP contribution in [0.2, 0.25) is 0 Å². The molecule has 0 bridgehead atoms. The number of H-pyrrole nitrogens is 1. The van der Waals surface area contributed by atoms with E-state index < -0.39 is 11.6 Å². The number of hydrogen-bond acceptors (Lipinski definition) is 4. The van der Waals surface area contributed by atoms with E-state index in [1.54, 1.807) is 13.8 Å². The summed E-state index contributed by atoms with van der Waals surface area (Å²) in [6.07, 6.45) is 4.95. The standard InChI is InChI=1S/C29H35N5O3/c1-29(2,30)28(37)32-24(17-20-18-31-23-9-5-4-8-22(20)23)27(36)33-15-13-21(14-16-33)34-25-10-6-3-7-19(25)11-12-26(34)35/h3-10,18,21,24,31H,11-17,30H2,1-2H3,(H,32,37)/t24-/m1/s1. The van der Waals surface area contributed by atoms with Gasteiger partial charge in [-0.3, -0.25) is 14.4 Å². The summed E-state index contributed by atoms with van der Waals surface area (Å²) in [6.45, 7) is 4.33. The Morgan fingerprint density at radius 3 is 2.54 bits per heavy atom. The van der Waals surface area contributed by atoms with Crippen molar-refractivity contribution in [2.24, 2.45) is 5.73 Å². The maximum Gasteiger partial charge on any atom is 0.245 e. The van der Waals surface area contributed by atoms with Crippen LogP contribution in [0.5, 0.6) is 0 Å². The first-order valence-corrected chi connectivity index (χ1v) is 13.1. The lowest BCUT2D eigenvalue weighted by atomic mass is 9.94. The molecule has 0 radical (unpaired) electrons. The second-order valence-corrected chi connectivity index (χ2v) is 10.8. The predicted octanol–water partition coefficient (Wildman–Crippen LogP) is 2.90. The number of nitrogens with two attached hydrogens (primary N) is 1. The van der Waals surface area contributed by atoms with E-state index in [2.05, 4.69) is 16.4 Å². The maximum absolute atomic E-state index is 13.7. The van der Waals surface area contributed by atoms with Crippen LogP contribution < -0.4 is 16.0 Å². The number of aromatic amines is 1. The third kappa shape index (κ3) is 5.11. The van der Waals surface area contributed by atoms with Crippen LogP contribution in [0.4, 0.5) is 5.69 Å². The second kappa shape index (κ2) is 10.0. The van der Waals surface area contributed by atoms with E-state index in [-0.39, 0.29) is 23.8 Å². The fraction of sp³-hybridized carbons (Fsp3) is 0.414. The second-order valence-electron chi connectivity index (χ2n) is 10.8. The Labute approximate surface area is 217 Å². The van der Waals surface area contributed by atoms with Gasteiger partial charge >= 0.3 is 0 Å². The number of rotatable bonds is 6. The van der Waals surface area contributed by atoms with Gasteiger partial charge in [-0.25, -0.2) is 0 Å². The van der Waals surface area contributed by atoms with Crippen LogP contribution in [0.15, 0.2) is 54.7 Å². The summed E-state index contributed by atoms with van der Waals surface area (Å²) in [5.74, 6) is -0.332. The molecule has 2 aliphatic rings. The lowest BCUT2D eigenvalue weighted by Gasteiger charge is -2.41. The molecule has 3 heterocycles. The van der Waals surface area contributed by atoms with Gasteiger partial charge < -0.3 is 25.8 Å². The molecule has 1 fully saturated rings. The number of nitrogens with one attached hydrogen (secondary N) is 2. The number of carbonyl (C=O) groups excluding carboxylic acids is 3. The van der Waals surface area contributed by atoms with Gasteiger partial charge in [-0.15, -0.1) is 0 Å². The van der Waals surface area contributed by atoms with Crippen LogP contribution in [0.3, 0.4) is 0 Å². The third-order valence-electron chi connectivity index (χ3n) is 7.56. The molecule has 0 unspecified atom stereocenters. The van der Waals surface area contributed by atoms with Crippen molar-refractivity contribution in [3.05, 3.63) is 65.9 Å². The van der Waals surface area contributed by atoms with Crippen molar-refractivity contribution in [3.63, 3.8) is 0 Å². The number of hydrogen-bond donors (Lipinski definition) is 3. The van der Waals surface area contributed by atoms with Crippen molar-refractivity contribution in [2.75, 3.05) is 18.0 Å². The van der Waals surface area contributed by atoms with E-state index >= 15 is 0 Å². The average Bonchev–Trinajstić information content (AvgIpc) is 3.30. The number of aryl methyl sites for hydroxylation is 1. The Morgan fingerprint density at radius 1 is 1.08 bits per heavy atom. The molecule has 5 rings (SSSR count). The number of likely N-dealkylation sites (tertiary alicyclic amines) is 1. The van der Waals surface area contributed by atoms with E-state index in [1.165, 1.54) is 5.56 Å². The topological polar surface area (TPSA) is 112 Å². The fourth-order valence-electron chi connectivity index (χ4n) is 5.48. The van der Waals surface area contributed by atoms with Gasteiger partial charge in [0.2, 0.25) is 17.7 Å². The summed E-state index contributed by atoms with van der Waals surface area (Å²) < 4.78 is 0. The highest BCUT2D eigenvalue weighted by Gasteiger charge is 2.36. The SMILES string of the molecule is CC(C)(N)C(=O)N[C@H](Cc1c[nH]c2ccccc12)C(=O)N1CCC(N2C(=O)CCc3ccccc32)CC1. The van der Waals surface area contributed by atoms with Crippen LogP contribution in [0.25, 0.3) is 10.9 Å². The number of anilines is 1. The van der Waals surface area contributed by atoms with Crippen molar-refractivity contribution in [1.82, 2.24) is 15.2 Å². The van der Waals surface area contributed by atoms with E-state index in [4.69, 9.17) is 5.73 Å². The molecule has 2 aliphatic heterocycles. The van der Waals surface area contributed by atoms with Crippen LogP contribution in [0.1, 0.15) is 44.2 Å². The summed E-state index contributed by atoms with van der Waals surface area (Å²) >= 11 is 0. The van der Waals surface area contributed by atoms with Gasteiger partial charge in [-0.2, -0.15) is 0 Å². The normalized spacial score (nSPS) is 17.5. The first-order chi connectivity index (χ1) is 17.7. The first kappa shape index (κ1) is 25.0. The molecular formula is C29H35N5O3. The average molecular weight is 502 g/mol. The van der Waals surface area contributed by atoms with E-state index in [0.29, 0.717) is 38.8 Å². The minimum Gasteiger partial charge on any atom is -0.361 e. The Bertz CT molecular complexity index is 1320. The molecule has 1 aromatic heterocycles. The van der Waals surface area contributed by atoms with Crippen molar-refractivity contribution >= 4 is 34.3 Å². The predicted molar refractivity (Wildman–Crippen MR) is 144 cm³/mol. The Balaban J connectivity index is 1.32. The zero-order valence-corrected chi connectivity index (χ0v) is 21.5. The number of carbonyl (C=O) groups is 3. The van der Waals surface area contributed by atoms with Crippen molar-refractivity contribution in [1.29, 1.82) is 0 Å². The highest BCUT2D eigenvalue weighted by Crippen LogP contribution is 2.32. The third-order valence-corrected chi connectivity index (χ3v) is 7.56. The zero-order chi connectivity index (χ0) is 26.2. The van der Waals surface area contributed by atoms with Gasteiger partial charge in [-0.1, -0.05) is 36.4 Å². The smallest absolute Gasteiger partial charge is 0.245 e. The number of fused-ring (bicyclic) bond motifs is 2. The molecule has 8 heteroatoms. The molecular weight excluding hydrogens is 466 g/mol. The van der Waals surface area contributed by atoms with Crippen LogP contribution in [-0.2, 0) is 27.2 Å². The first-order valence-electron chi connectivity index (χ1n) is 13.1. The highest BCUT2D eigenvalue weighted by molar-refractivity contribution is 5.97. The Hall–Kier alpha value is -3.65. The van der Waals surface area contributed by atoms with E-state index in [0.717, 1.165) is 28.6 Å². The molecule has 0 aliphatic carbocycles. The molecule has 3 amide bonds. The molecule has 37 heavy (non-hydrogen) atoms. The van der Waals surface area contributed by atoms with Gasteiger partial charge in [0.15, 0.2) is 0 Å². The number of para-hydroxylation sites is 2. The molecule has 194 valence electrons. The number of piperidine rings is 1. The molecule has 2 aromatic carbocycles. The minimum absolute atomic E-state index is 0.0580. The summed E-state index contributed by atoms with van der Waals surface area (Å²) in [6, 6.07) is 15.3. The minimum atomic E-state index is -1.10.